The van der Waals surface area contributed by atoms with E-state index in [2.05, 4.69) is 4.90 Å². The zero-order chi connectivity index (χ0) is 20.8. The monoisotopic (exact) mass is 438 g/mol. The highest BCUT2D eigenvalue weighted by atomic mass is 35.5. The summed E-state index contributed by atoms with van der Waals surface area (Å²) in [4.78, 5) is 4.40. The molecule has 2 unspecified atom stereocenters. The third kappa shape index (κ3) is 6.07. The molecule has 2 atom stereocenters. The van der Waals surface area contributed by atoms with Gasteiger partial charge in [-0.15, -0.1) is 0 Å². The summed E-state index contributed by atoms with van der Waals surface area (Å²) in [6.07, 6.45) is 1.02. The summed E-state index contributed by atoms with van der Waals surface area (Å²) < 4.78 is 5.46. The molecule has 1 aliphatic rings. The largest absolute Gasteiger partial charge is 0.491 e. The SMILES string of the molecule is CN(C(O)Cc1ccc(Cl)c(Cl)c1)C(CN1CCC1)c1ccc(OCCO)cc1. The molecule has 1 fully saturated rings. The van der Waals surface area contributed by atoms with Gasteiger partial charge in [-0.1, -0.05) is 41.4 Å². The van der Waals surface area contributed by atoms with Crippen LogP contribution in [0.15, 0.2) is 42.5 Å². The smallest absolute Gasteiger partial charge is 0.119 e. The fourth-order valence-electron chi connectivity index (χ4n) is 3.46. The lowest BCUT2D eigenvalue weighted by atomic mass is 10.0. The number of ether oxygens (including phenoxy) is 1. The summed E-state index contributed by atoms with van der Waals surface area (Å²) in [5.41, 5.74) is 2.05. The maximum Gasteiger partial charge on any atom is 0.119 e. The average Bonchev–Trinajstić information content (AvgIpc) is 2.68. The lowest BCUT2D eigenvalue weighted by Crippen LogP contribution is -2.46. The predicted octanol–water partition coefficient (Wildman–Crippen LogP) is 3.60. The summed E-state index contributed by atoms with van der Waals surface area (Å²) in [5, 5.41) is 20.8. The van der Waals surface area contributed by atoms with Gasteiger partial charge in [-0.25, -0.2) is 0 Å². The molecule has 5 nitrogen and oxygen atoms in total. The Hall–Kier alpha value is -1.34. The van der Waals surface area contributed by atoms with Crippen molar-refractivity contribution >= 4 is 23.2 Å². The predicted molar refractivity (Wildman–Crippen MR) is 117 cm³/mol. The van der Waals surface area contributed by atoms with Crippen molar-refractivity contribution < 1.29 is 14.9 Å². The fraction of sp³-hybridized carbons (Fsp3) is 0.455. The molecule has 2 aromatic rings. The van der Waals surface area contributed by atoms with E-state index in [0.29, 0.717) is 16.5 Å². The number of likely N-dealkylation sites (N-methyl/N-ethyl adjacent to an activating group) is 1. The number of hydrogen-bond acceptors (Lipinski definition) is 5. The molecular weight excluding hydrogens is 411 g/mol. The minimum absolute atomic E-state index is 0.0109. The van der Waals surface area contributed by atoms with Crippen LogP contribution in [0.5, 0.6) is 5.75 Å². The van der Waals surface area contributed by atoms with Crippen LogP contribution in [-0.4, -0.2) is 66.1 Å². The molecule has 1 heterocycles. The van der Waals surface area contributed by atoms with Gasteiger partial charge in [0.1, 0.15) is 18.6 Å². The molecule has 0 radical (unpaired) electrons. The van der Waals surface area contributed by atoms with Crippen molar-refractivity contribution in [1.29, 1.82) is 0 Å². The number of aliphatic hydroxyl groups excluding tert-OH is 2. The first-order chi connectivity index (χ1) is 14.0. The molecule has 1 aliphatic heterocycles. The molecule has 0 aromatic heterocycles. The van der Waals surface area contributed by atoms with Crippen molar-refractivity contribution in [1.82, 2.24) is 9.80 Å². The summed E-state index contributed by atoms with van der Waals surface area (Å²) in [6.45, 7) is 3.30. The van der Waals surface area contributed by atoms with Crippen LogP contribution in [-0.2, 0) is 6.42 Å². The second-order valence-electron chi connectivity index (χ2n) is 7.41. The van der Waals surface area contributed by atoms with Crippen LogP contribution in [0.25, 0.3) is 0 Å². The van der Waals surface area contributed by atoms with Gasteiger partial charge >= 0.3 is 0 Å². The van der Waals surface area contributed by atoms with Crippen LogP contribution in [0.2, 0.25) is 10.0 Å². The van der Waals surface area contributed by atoms with Gasteiger partial charge in [-0.2, -0.15) is 0 Å². The van der Waals surface area contributed by atoms with Crippen molar-refractivity contribution in [2.45, 2.75) is 25.1 Å². The molecule has 0 spiro atoms. The second-order valence-corrected chi connectivity index (χ2v) is 8.22. The average molecular weight is 439 g/mol. The minimum atomic E-state index is -0.663. The molecule has 1 saturated heterocycles. The first kappa shape index (κ1) is 22.3. The Bertz CT molecular complexity index is 784. The summed E-state index contributed by atoms with van der Waals surface area (Å²) in [6, 6.07) is 13.4. The number of likely N-dealkylation sites (tertiary alicyclic amines) is 1. The van der Waals surface area contributed by atoms with Gasteiger partial charge in [0.2, 0.25) is 0 Å². The van der Waals surface area contributed by atoms with E-state index >= 15 is 0 Å². The molecule has 0 bridgehead atoms. The van der Waals surface area contributed by atoms with E-state index in [-0.39, 0.29) is 19.3 Å². The maximum absolute atomic E-state index is 10.9. The molecule has 2 N–H and O–H groups in total. The van der Waals surface area contributed by atoms with E-state index in [1.807, 2.05) is 42.3 Å². The van der Waals surface area contributed by atoms with E-state index in [9.17, 15) is 5.11 Å². The highest BCUT2D eigenvalue weighted by Gasteiger charge is 2.27. The van der Waals surface area contributed by atoms with E-state index in [1.54, 1.807) is 12.1 Å². The van der Waals surface area contributed by atoms with Crippen LogP contribution < -0.4 is 4.74 Å². The topological polar surface area (TPSA) is 56.2 Å². The zero-order valence-corrected chi connectivity index (χ0v) is 18.1. The number of halogens is 2. The quantitative estimate of drug-likeness (QED) is 0.554. The van der Waals surface area contributed by atoms with Crippen molar-refractivity contribution in [2.75, 3.05) is 39.9 Å². The van der Waals surface area contributed by atoms with Gasteiger partial charge in [-0.05, 0) is 62.0 Å². The first-order valence-corrected chi connectivity index (χ1v) is 10.6. The Morgan fingerprint density at radius 2 is 1.83 bits per heavy atom. The summed E-state index contributed by atoms with van der Waals surface area (Å²) in [5.74, 6) is 0.726. The molecule has 29 heavy (non-hydrogen) atoms. The van der Waals surface area contributed by atoms with Crippen molar-refractivity contribution in [3.05, 3.63) is 63.6 Å². The first-order valence-electron chi connectivity index (χ1n) is 9.88. The molecule has 0 aliphatic carbocycles. The van der Waals surface area contributed by atoms with Gasteiger partial charge in [-0.3, -0.25) is 4.90 Å². The Morgan fingerprint density at radius 3 is 2.41 bits per heavy atom. The molecular formula is C22H28Cl2N2O3. The number of nitrogens with zero attached hydrogens (tertiary/aromatic N) is 2. The van der Waals surface area contributed by atoms with Crippen LogP contribution in [0.3, 0.4) is 0 Å². The molecule has 158 valence electrons. The van der Waals surface area contributed by atoms with Gasteiger partial charge < -0.3 is 19.8 Å². The number of aliphatic hydroxyl groups is 2. The van der Waals surface area contributed by atoms with Gasteiger partial charge in [0.25, 0.3) is 0 Å². The van der Waals surface area contributed by atoms with Gasteiger partial charge in [0, 0.05) is 19.0 Å². The van der Waals surface area contributed by atoms with Gasteiger partial charge in [0.05, 0.1) is 16.7 Å². The molecule has 7 heteroatoms. The highest BCUT2D eigenvalue weighted by Crippen LogP contribution is 2.28. The van der Waals surface area contributed by atoms with Gasteiger partial charge in [0.15, 0.2) is 0 Å². The van der Waals surface area contributed by atoms with Crippen molar-refractivity contribution in [3.63, 3.8) is 0 Å². The van der Waals surface area contributed by atoms with E-state index in [4.69, 9.17) is 33.0 Å². The highest BCUT2D eigenvalue weighted by molar-refractivity contribution is 6.42. The zero-order valence-electron chi connectivity index (χ0n) is 16.6. The van der Waals surface area contributed by atoms with Crippen LogP contribution >= 0.6 is 23.2 Å². The number of hydrogen-bond donors (Lipinski definition) is 2. The normalized spacial score (nSPS) is 16.5. The molecule has 0 amide bonds. The summed E-state index contributed by atoms with van der Waals surface area (Å²) >= 11 is 12.1. The van der Waals surface area contributed by atoms with Crippen LogP contribution in [0.1, 0.15) is 23.6 Å². The summed E-state index contributed by atoms with van der Waals surface area (Å²) in [7, 11) is 1.95. The Morgan fingerprint density at radius 1 is 1.10 bits per heavy atom. The minimum Gasteiger partial charge on any atom is -0.491 e. The van der Waals surface area contributed by atoms with Crippen molar-refractivity contribution in [3.8, 4) is 5.75 Å². The lowest BCUT2D eigenvalue weighted by molar-refractivity contribution is -0.0210. The molecule has 0 saturated carbocycles. The van der Waals surface area contributed by atoms with Crippen molar-refractivity contribution in [2.24, 2.45) is 0 Å². The van der Waals surface area contributed by atoms with E-state index in [0.717, 1.165) is 36.5 Å². The second kappa shape index (κ2) is 10.6. The Balaban J connectivity index is 1.72. The third-order valence-electron chi connectivity index (χ3n) is 5.37. The van der Waals surface area contributed by atoms with Crippen LogP contribution in [0, 0.1) is 0 Å². The third-order valence-corrected chi connectivity index (χ3v) is 6.11. The molecule has 3 rings (SSSR count). The van der Waals surface area contributed by atoms with E-state index < -0.39 is 6.23 Å². The van der Waals surface area contributed by atoms with E-state index in [1.165, 1.54) is 6.42 Å². The Kier molecular flexibility index (Phi) is 8.18. The standard InChI is InChI=1S/C22H28Cl2N2O3/c1-25(22(28)14-16-3-8-19(23)20(24)13-16)21(15-26-9-2-10-26)17-4-6-18(7-5-17)29-12-11-27/h3-8,13,21-22,27-28H,2,9-12,14-15H2,1H3. The number of benzene rings is 2. The number of rotatable bonds is 10. The lowest BCUT2D eigenvalue weighted by Gasteiger charge is -2.39. The maximum atomic E-state index is 10.9. The van der Waals surface area contributed by atoms with Crippen LogP contribution in [0.4, 0.5) is 0 Å². The fourth-order valence-corrected chi connectivity index (χ4v) is 3.78. The Labute approximate surface area is 182 Å². The molecule has 2 aromatic carbocycles.